The van der Waals surface area contributed by atoms with Gasteiger partial charge in [0, 0.05) is 11.4 Å². The number of benzene rings is 2. The van der Waals surface area contributed by atoms with Crippen LogP contribution in [-0.2, 0) is 6.42 Å². The number of urea groups is 1. The average molecular weight is 391 g/mol. The average Bonchev–Trinajstić information content (AvgIpc) is 2.91. The molecule has 0 aliphatic heterocycles. The summed E-state index contributed by atoms with van der Waals surface area (Å²) < 4.78 is 0. The Morgan fingerprint density at radius 2 is 1.86 bits per heavy atom. The summed E-state index contributed by atoms with van der Waals surface area (Å²) in [6, 6.07) is 15.0. The van der Waals surface area contributed by atoms with Gasteiger partial charge in [0.2, 0.25) is 0 Å². The summed E-state index contributed by atoms with van der Waals surface area (Å²) in [6.45, 7) is 5.84. The van der Waals surface area contributed by atoms with E-state index in [4.69, 9.17) is 0 Å². The van der Waals surface area contributed by atoms with Gasteiger partial charge in [-0.2, -0.15) is 0 Å². The number of nitrogens with one attached hydrogen (secondary N) is 2. The molecule has 0 spiro atoms. The first-order chi connectivity index (χ1) is 14.1. The lowest BCUT2D eigenvalue weighted by Gasteiger charge is -2.10. The minimum absolute atomic E-state index is 0.230. The second-order valence-electron chi connectivity index (χ2n) is 6.60. The highest BCUT2D eigenvalue weighted by Gasteiger charge is 2.10. The Morgan fingerprint density at radius 3 is 2.66 bits per heavy atom. The predicted molar refractivity (Wildman–Crippen MR) is 121 cm³/mol. The summed E-state index contributed by atoms with van der Waals surface area (Å²) in [5.74, 6) is 0.230. The van der Waals surface area contributed by atoms with E-state index in [2.05, 4.69) is 34.9 Å². The number of phenolic OH excluding ortho intramolecular Hbond substituents is 1. The Bertz CT molecular complexity index is 911. The van der Waals surface area contributed by atoms with E-state index >= 15 is 0 Å². The third-order valence-corrected chi connectivity index (χ3v) is 4.37. The highest BCUT2D eigenvalue weighted by Crippen LogP contribution is 2.21. The van der Waals surface area contributed by atoms with Crippen LogP contribution in [0.2, 0.25) is 0 Å². The van der Waals surface area contributed by atoms with Crippen molar-refractivity contribution in [3.63, 3.8) is 0 Å². The molecule has 0 saturated carbocycles. The van der Waals surface area contributed by atoms with Crippen LogP contribution in [0.25, 0.3) is 12.2 Å². The molecule has 3 N–H and O–H groups in total. The maximum Gasteiger partial charge on any atom is 0.323 e. The normalized spacial score (nSPS) is 13.5. The fourth-order valence-corrected chi connectivity index (χ4v) is 3.06. The van der Waals surface area contributed by atoms with Crippen molar-refractivity contribution in [2.45, 2.75) is 40.0 Å². The molecule has 0 atom stereocenters. The van der Waals surface area contributed by atoms with E-state index in [1.165, 1.54) is 11.1 Å². The number of phenols is 1. The highest BCUT2D eigenvalue weighted by atomic mass is 16.3. The van der Waals surface area contributed by atoms with Gasteiger partial charge in [-0.25, -0.2) is 4.79 Å². The van der Waals surface area contributed by atoms with Crippen LogP contribution in [0, 0.1) is 0 Å². The van der Waals surface area contributed by atoms with Crippen molar-refractivity contribution < 1.29 is 9.90 Å². The van der Waals surface area contributed by atoms with Gasteiger partial charge in [0.05, 0.1) is 0 Å². The standard InChI is InChI=1S/C23H24N2O2.C2H6/c1-17(7-4-8-18-9-5-14-22(26)15-18)24-23(27)25-21-13-6-12-19-10-2-3-11-20(19)16-21;1-2/h2-5,7-11,14-16,26H,6,12-13H2,1H3,(H2,24,25,27);1-2H3/b8-4-,17-7+;. The number of rotatable bonds is 4. The molecule has 4 nitrogen and oxygen atoms in total. The van der Waals surface area contributed by atoms with Crippen molar-refractivity contribution in [3.05, 3.63) is 88.8 Å². The van der Waals surface area contributed by atoms with Crippen LogP contribution >= 0.6 is 0 Å². The van der Waals surface area contributed by atoms with E-state index in [0.717, 1.165) is 36.2 Å². The van der Waals surface area contributed by atoms with Gasteiger partial charge in [-0.1, -0.05) is 62.4 Å². The quantitative estimate of drug-likeness (QED) is 0.560. The fraction of sp³-hybridized carbons (Fsp3) is 0.240. The zero-order chi connectivity index (χ0) is 21.1. The molecule has 0 unspecified atom stereocenters. The number of carbonyl (C=O) groups excluding carboxylic acids is 1. The topological polar surface area (TPSA) is 61.4 Å². The summed E-state index contributed by atoms with van der Waals surface area (Å²) in [7, 11) is 0. The van der Waals surface area contributed by atoms with Crippen LogP contribution < -0.4 is 10.6 Å². The van der Waals surface area contributed by atoms with Gasteiger partial charge in [-0.3, -0.25) is 0 Å². The molecule has 2 aromatic rings. The zero-order valence-electron chi connectivity index (χ0n) is 17.4. The minimum Gasteiger partial charge on any atom is -0.508 e. The SMILES string of the molecule is C/C(=C\C=C/c1cccc(O)c1)NC(=O)NC1=Cc2ccccc2CCC1.CC. The molecule has 0 radical (unpaired) electrons. The molecule has 152 valence electrons. The van der Waals surface area contributed by atoms with Crippen molar-refractivity contribution in [3.8, 4) is 5.75 Å². The van der Waals surface area contributed by atoms with E-state index in [9.17, 15) is 9.90 Å². The second-order valence-corrected chi connectivity index (χ2v) is 6.60. The molecule has 1 aliphatic carbocycles. The van der Waals surface area contributed by atoms with E-state index in [1.54, 1.807) is 18.2 Å². The maximum absolute atomic E-state index is 12.3. The molecular formula is C25H30N2O2. The van der Waals surface area contributed by atoms with Gasteiger partial charge in [0.25, 0.3) is 0 Å². The molecule has 2 amide bonds. The third-order valence-electron chi connectivity index (χ3n) is 4.37. The predicted octanol–water partition coefficient (Wildman–Crippen LogP) is 6.01. The lowest BCUT2D eigenvalue weighted by Crippen LogP contribution is -2.33. The summed E-state index contributed by atoms with van der Waals surface area (Å²) in [5.41, 5.74) is 5.05. The largest absolute Gasteiger partial charge is 0.508 e. The van der Waals surface area contributed by atoms with Crippen LogP contribution in [0.3, 0.4) is 0 Å². The van der Waals surface area contributed by atoms with Gasteiger partial charge in [-0.15, -0.1) is 0 Å². The van der Waals surface area contributed by atoms with Crippen molar-refractivity contribution in [2.24, 2.45) is 0 Å². The molecule has 0 fully saturated rings. The number of fused-ring (bicyclic) bond motifs is 1. The Kier molecular flexibility index (Phi) is 8.77. The van der Waals surface area contributed by atoms with Crippen LogP contribution in [0.4, 0.5) is 4.79 Å². The fourth-order valence-electron chi connectivity index (χ4n) is 3.06. The first-order valence-corrected chi connectivity index (χ1v) is 10.1. The van der Waals surface area contributed by atoms with Gasteiger partial charge < -0.3 is 15.7 Å². The number of aromatic hydroxyl groups is 1. The van der Waals surface area contributed by atoms with E-state index in [1.807, 2.05) is 51.1 Å². The van der Waals surface area contributed by atoms with Crippen LogP contribution in [0.15, 0.2) is 72.1 Å². The first kappa shape index (κ1) is 22.0. The zero-order valence-corrected chi connectivity index (χ0v) is 17.4. The summed E-state index contributed by atoms with van der Waals surface area (Å²) >= 11 is 0. The molecule has 1 aliphatic rings. The van der Waals surface area contributed by atoms with Crippen LogP contribution in [-0.4, -0.2) is 11.1 Å². The number of carbonyl (C=O) groups is 1. The highest BCUT2D eigenvalue weighted by molar-refractivity contribution is 5.79. The summed E-state index contributed by atoms with van der Waals surface area (Å²) in [5, 5.41) is 15.3. The molecule has 2 aromatic carbocycles. The number of amides is 2. The Balaban J connectivity index is 0.00000145. The molecule has 0 saturated heterocycles. The van der Waals surface area contributed by atoms with Crippen molar-refractivity contribution >= 4 is 18.2 Å². The molecule has 0 aromatic heterocycles. The molecule has 0 bridgehead atoms. The van der Waals surface area contributed by atoms with E-state index < -0.39 is 0 Å². The Hall–Kier alpha value is -3.27. The van der Waals surface area contributed by atoms with Crippen LogP contribution in [0.5, 0.6) is 5.75 Å². The lowest BCUT2D eigenvalue weighted by molar-refractivity contribution is 0.245. The molecule has 0 heterocycles. The Morgan fingerprint density at radius 1 is 1.07 bits per heavy atom. The first-order valence-electron chi connectivity index (χ1n) is 10.1. The van der Waals surface area contributed by atoms with Crippen molar-refractivity contribution in [1.82, 2.24) is 10.6 Å². The molecule has 4 heteroatoms. The molecule has 3 rings (SSSR count). The molecular weight excluding hydrogens is 360 g/mol. The maximum atomic E-state index is 12.3. The van der Waals surface area contributed by atoms with Crippen molar-refractivity contribution in [2.75, 3.05) is 0 Å². The Labute approximate surface area is 173 Å². The second kappa shape index (κ2) is 11.5. The monoisotopic (exact) mass is 390 g/mol. The number of allylic oxidation sites excluding steroid dienone is 4. The van der Waals surface area contributed by atoms with Gasteiger partial charge in [0.1, 0.15) is 5.75 Å². The summed E-state index contributed by atoms with van der Waals surface area (Å²) in [6.07, 6.45) is 10.5. The van der Waals surface area contributed by atoms with Crippen molar-refractivity contribution in [1.29, 1.82) is 0 Å². The number of hydrogen-bond acceptors (Lipinski definition) is 2. The van der Waals surface area contributed by atoms with Gasteiger partial charge in [0.15, 0.2) is 0 Å². The minimum atomic E-state index is -0.236. The van der Waals surface area contributed by atoms with Crippen LogP contribution in [0.1, 0.15) is 50.3 Å². The number of aryl methyl sites for hydroxylation is 1. The van der Waals surface area contributed by atoms with Gasteiger partial charge >= 0.3 is 6.03 Å². The third kappa shape index (κ3) is 7.34. The number of hydrogen-bond donors (Lipinski definition) is 3. The summed E-state index contributed by atoms with van der Waals surface area (Å²) in [4.78, 5) is 12.3. The molecule has 29 heavy (non-hydrogen) atoms. The van der Waals surface area contributed by atoms with E-state index in [0.29, 0.717) is 0 Å². The van der Waals surface area contributed by atoms with Gasteiger partial charge in [-0.05, 0) is 67.2 Å². The van der Waals surface area contributed by atoms with E-state index in [-0.39, 0.29) is 11.8 Å². The smallest absolute Gasteiger partial charge is 0.323 e. The lowest BCUT2D eigenvalue weighted by atomic mass is 10.1.